The van der Waals surface area contributed by atoms with Crippen LogP contribution in [0.2, 0.25) is 0 Å². The average molecular weight is 195 g/mol. The van der Waals surface area contributed by atoms with Crippen LogP contribution in [0, 0.1) is 0 Å². The van der Waals surface area contributed by atoms with Crippen molar-refractivity contribution in [2.75, 3.05) is 32.8 Å². The fourth-order valence-electron chi connectivity index (χ4n) is 1.07. The first-order valence-corrected chi connectivity index (χ1v) is 3.90. The summed E-state index contributed by atoms with van der Waals surface area (Å²) < 4.78 is 4.97. The summed E-state index contributed by atoms with van der Waals surface area (Å²) in [5.74, 6) is 0.0877. The highest BCUT2D eigenvalue weighted by molar-refractivity contribution is 5.85. The predicted molar refractivity (Wildman–Crippen MR) is 48.3 cm³/mol. The molecule has 1 rings (SSSR count). The second-order valence-corrected chi connectivity index (χ2v) is 2.58. The molecule has 0 aliphatic carbocycles. The number of hydrogen-bond donors (Lipinski definition) is 1. The Morgan fingerprint density at radius 3 is 2.92 bits per heavy atom. The summed E-state index contributed by atoms with van der Waals surface area (Å²) in [6.07, 6.45) is 0.881. The van der Waals surface area contributed by atoms with Gasteiger partial charge in [-0.25, -0.2) is 0 Å². The molecule has 0 aromatic rings. The molecule has 0 unspecified atom stereocenters. The second-order valence-electron chi connectivity index (χ2n) is 2.58. The van der Waals surface area contributed by atoms with E-state index in [2.05, 4.69) is 0 Å². The predicted octanol–water partition coefficient (Wildman–Crippen LogP) is -0.384. The average Bonchev–Trinajstić information content (AvgIpc) is 2.03. The van der Waals surface area contributed by atoms with E-state index in [-0.39, 0.29) is 24.9 Å². The molecule has 72 valence electrons. The number of ether oxygens (including phenoxy) is 1. The quantitative estimate of drug-likeness (QED) is 0.666. The maximum Gasteiger partial charge on any atom is 0.248 e. The van der Waals surface area contributed by atoms with E-state index in [1.54, 1.807) is 4.90 Å². The van der Waals surface area contributed by atoms with E-state index < -0.39 is 0 Å². The molecule has 5 heteroatoms. The topological polar surface area (TPSA) is 55.6 Å². The van der Waals surface area contributed by atoms with Crippen molar-refractivity contribution in [3.8, 4) is 0 Å². The van der Waals surface area contributed by atoms with Gasteiger partial charge in [-0.1, -0.05) is 0 Å². The molecule has 1 saturated heterocycles. The first-order chi connectivity index (χ1) is 5.34. The Kier molecular flexibility index (Phi) is 6.06. The molecule has 1 aliphatic rings. The van der Waals surface area contributed by atoms with Crippen LogP contribution in [0.15, 0.2) is 0 Å². The van der Waals surface area contributed by atoms with Gasteiger partial charge >= 0.3 is 0 Å². The fraction of sp³-hybridized carbons (Fsp3) is 0.857. The minimum atomic E-state index is 0. The lowest BCUT2D eigenvalue weighted by molar-refractivity contribution is -0.142. The third kappa shape index (κ3) is 3.38. The number of carbonyl (C=O) groups is 1. The highest BCUT2D eigenvalue weighted by atomic mass is 35.5. The fourth-order valence-corrected chi connectivity index (χ4v) is 1.07. The molecule has 0 spiro atoms. The highest BCUT2D eigenvalue weighted by Crippen LogP contribution is 1.98. The van der Waals surface area contributed by atoms with Crippen molar-refractivity contribution in [1.29, 1.82) is 0 Å². The summed E-state index contributed by atoms with van der Waals surface area (Å²) in [5.41, 5.74) is 5.32. The number of nitrogens with two attached hydrogens (primary N) is 1. The van der Waals surface area contributed by atoms with Crippen LogP contribution in [0.5, 0.6) is 0 Å². The van der Waals surface area contributed by atoms with Crippen LogP contribution in [0.1, 0.15) is 6.42 Å². The third-order valence-corrected chi connectivity index (χ3v) is 1.72. The van der Waals surface area contributed by atoms with Gasteiger partial charge in [0.15, 0.2) is 0 Å². The van der Waals surface area contributed by atoms with E-state index in [1.165, 1.54) is 0 Å². The molecule has 1 heterocycles. The van der Waals surface area contributed by atoms with E-state index in [0.29, 0.717) is 13.2 Å². The standard InChI is InChI=1S/C7H14N2O2.ClH/c8-2-1-3-9-4-5-11-6-7(9)10;/h1-6,8H2;1H. The van der Waals surface area contributed by atoms with Crippen molar-refractivity contribution in [3.63, 3.8) is 0 Å². The van der Waals surface area contributed by atoms with Gasteiger partial charge in [0.1, 0.15) is 6.61 Å². The number of rotatable bonds is 3. The van der Waals surface area contributed by atoms with Gasteiger partial charge in [-0.15, -0.1) is 12.4 Å². The smallest absolute Gasteiger partial charge is 0.248 e. The zero-order valence-electron chi connectivity index (χ0n) is 6.99. The lowest BCUT2D eigenvalue weighted by atomic mass is 10.3. The van der Waals surface area contributed by atoms with Crippen molar-refractivity contribution < 1.29 is 9.53 Å². The van der Waals surface area contributed by atoms with E-state index in [4.69, 9.17) is 10.5 Å². The van der Waals surface area contributed by atoms with Crippen LogP contribution >= 0.6 is 12.4 Å². The molecule has 0 bridgehead atoms. The summed E-state index contributed by atoms with van der Waals surface area (Å²) in [6.45, 7) is 3.04. The van der Waals surface area contributed by atoms with Gasteiger partial charge in [0.25, 0.3) is 0 Å². The van der Waals surface area contributed by atoms with Crippen LogP contribution in [-0.4, -0.2) is 43.7 Å². The van der Waals surface area contributed by atoms with Gasteiger partial charge in [-0.05, 0) is 13.0 Å². The van der Waals surface area contributed by atoms with E-state index in [0.717, 1.165) is 19.5 Å². The summed E-state index contributed by atoms with van der Waals surface area (Å²) in [4.78, 5) is 12.9. The Morgan fingerprint density at radius 2 is 2.33 bits per heavy atom. The molecular weight excluding hydrogens is 180 g/mol. The number of carbonyl (C=O) groups excluding carboxylic acids is 1. The van der Waals surface area contributed by atoms with Crippen molar-refractivity contribution in [2.24, 2.45) is 5.73 Å². The van der Waals surface area contributed by atoms with Crippen molar-refractivity contribution >= 4 is 18.3 Å². The van der Waals surface area contributed by atoms with Gasteiger partial charge in [0.05, 0.1) is 6.61 Å². The third-order valence-electron chi connectivity index (χ3n) is 1.72. The molecule has 1 amide bonds. The van der Waals surface area contributed by atoms with Crippen molar-refractivity contribution in [3.05, 3.63) is 0 Å². The van der Waals surface area contributed by atoms with Gasteiger partial charge < -0.3 is 15.4 Å². The monoisotopic (exact) mass is 194 g/mol. The summed E-state index contributed by atoms with van der Waals surface area (Å²) in [7, 11) is 0. The molecule has 0 aromatic carbocycles. The number of amides is 1. The Balaban J connectivity index is 0.00000121. The van der Waals surface area contributed by atoms with Crippen LogP contribution < -0.4 is 5.73 Å². The SMILES string of the molecule is Cl.NCCCN1CCOCC1=O. The first-order valence-electron chi connectivity index (χ1n) is 3.90. The van der Waals surface area contributed by atoms with Crippen LogP contribution in [0.4, 0.5) is 0 Å². The Morgan fingerprint density at radius 1 is 1.58 bits per heavy atom. The molecule has 0 radical (unpaired) electrons. The summed E-state index contributed by atoms with van der Waals surface area (Å²) >= 11 is 0. The van der Waals surface area contributed by atoms with Crippen molar-refractivity contribution in [2.45, 2.75) is 6.42 Å². The van der Waals surface area contributed by atoms with Crippen LogP contribution in [-0.2, 0) is 9.53 Å². The van der Waals surface area contributed by atoms with Gasteiger partial charge in [0.2, 0.25) is 5.91 Å². The molecule has 1 aliphatic heterocycles. The molecule has 0 saturated carbocycles. The largest absolute Gasteiger partial charge is 0.370 e. The van der Waals surface area contributed by atoms with E-state index in [1.807, 2.05) is 0 Å². The number of hydrogen-bond acceptors (Lipinski definition) is 3. The summed E-state index contributed by atoms with van der Waals surface area (Å²) in [5, 5.41) is 0. The highest BCUT2D eigenvalue weighted by Gasteiger charge is 2.16. The number of morpholine rings is 1. The Labute approximate surface area is 78.5 Å². The Bertz CT molecular complexity index is 143. The van der Waals surface area contributed by atoms with E-state index >= 15 is 0 Å². The normalized spacial score (nSPS) is 17.4. The molecule has 4 nitrogen and oxygen atoms in total. The van der Waals surface area contributed by atoms with Crippen LogP contribution in [0.3, 0.4) is 0 Å². The lowest BCUT2D eigenvalue weighted by Gasteiger charge is -2.26. The molecule has 2 N–H and O–H groups in total. The van der Waals surface area contributed by atoms with Gasteiger partial charge in [-0.3, -0.25) is 4.79 Å². The summed E-state index contributed by atoms with van der Waals surface area (Å²) in [6, 6.07) is 0. The van der Waals surface area contributed by atoms with Crippen LogP contribution in [0.25, 0.3) is 0 Å². The minimum absolute atomic E-state index is 0. The molecule has 12 heavy (non-hydrogen) atoms. The molecule has 1 fully saturated rings. The minimum Gasteiger partial charge on any atom is -0.370 e. The lowest BCUT2D eigenvalue weighted by Crippen LogP contribution is -2.42. The molecular formula is C7H15ClN2O2. The molecule has 0 aromatic heterocycles. The van der Waals surface area contributed by atoms with Gasteiger partial charge in [0, 0.05) is 13.1 Å². The number of halogens is 1. The van der Waals surface area contributed by atoms with Crippen molar-refractivity contribution in [1.82, 2.24) is 4.90 Å². The molecule has 0 atom stereocenters. The maximum absolute atomic E-state index is 11.1. The van der Waals surface area contributed by atoms with E-state index in [9.17, 15) is 4.79 Å². The first kappa shape index (κ1) is 11.7. The zero-order valence-corrected chi connectivity index (χ0v) is 7.81. The second kappa shape index (κ2) is 6.22. The zero-order chi connectivity index (χ0) is 8.10. The maximum atomic E-state index is 11.1. The van der Waals surface area contributed by atoms with Gasteiger partial charge in [-0.2, -0.15) is 0 Å². The number of nitrogens with zero attached hydrogens (tertiary/aromatic N) is 1. The Hall–Kier alpha value is -0.320.